The number of ether oxygens (including phenoxy) is 1. The standard InChI is InChI=1S/C17H13Cl2N3O2S/c1-10-4-2-5-11(8-10)21-17(23)24-15-16(25-9-20-15)22-14-12(18)6-3-7-13(14)19/h2-9,22H,1H3,(H,21,23). The number of halogens is 2. The Morgan fingerprint density at radius 2 is 1.88 bits per heavy atom. The Bertz CT molecular complexity index is 894. The summed E-state index contributed by atoms with van der Waals surface area (Å²) in [5.74, 6) is 0.145. The minimum Gasteiger partial charge on any atom is -0.388 e. The highest BCUT2D eigenvalue weighted by Crippen LogP contribution is 2.37. The Morgan fingerprint density at radius 1 is 1.16 bits per heavy atom. The highest BCUT2D eigenvalue weighted by Gasteiger charge is 2.15. The quantitative estimate of drug-likeness (QED) is 0.560. The molecule has 0 bridgehead atoms. The van der Waals surface area contributed by atoms with Crippen molar-refractivity contribution in [3.05, 3.63) is 63.6 Å². The Kier molecular flexibility index (Phi) is 5.43. The number of hydrogen-bond acceptors (Lipinski definition) is 5. The van der Waals surface area contributed by atoms with Gasteiger partial charge in [-0.05, 0) is 36.8 Å². The normalized spacial score (nSPS) is 10.4. The predicted octanol–water partition coefficient (Wildman–Crippen LogP) is 6.11. The van der Waals surface area contributed by atoms with Crippen molar-refractivity contribution in [2.45, 2.75) is 6.92 Å². The molecule has 8 heteroatoms. The van der Waals surface area contributed by atoms with Crippen LogP contribution in [0.5, 0.6) is 5.88 Å². The second kappa shape index (κ2) is 7.74. The lowest BCUT2D eigenvalue weighted by atomic mass is 10.2. The molecule has 2 aromatic carbocycles. The highest BCUT2D eigenvalue weighted by atomic mass is 35.5. The number of carbonyl (C=O) groups is 1. The van der Waals surface area contributed by atoms with Crippen LogP contribution in [0, 0.1) is 6.92 Å². The maximum Gasteiger partial charge on any atom is 0.418 e. The van der Waals surface area contributed by atoms with Gasteiger partial charge in [0.05, 0.1) is 21.2 Å². The van der Waals surface area contributed by atoms with Gasteiger partial charge in [-0.15, -0.1) is 11.3 Å². The fraction of sp³-hybridized carbons (Fsp3) is 0.0588. The van der Waals surface area contributed by atoms with E-state index in [1.165, 1.54) is 11.3 Å². The van der Waals surface area contributed by atoms with Crippen LogP contribution in [0.15, 0.2) is 48.0 Å². The number of nitrogens with zero attached hydrogens (tertiary/aromatic N) is 1. The van der Waals surface area contributed by atoms with E-state index in [0.717, 1.165) is 5.56 Å². The molecule has 0 radical (unpaired) electrons. The van der Waals surface area contributed by atoms with Crippen LogP contribution >= 0.6 is 34.5 Å². The average Bonchev–Trinajstić information content (AvgIpc) is 2.98. The molecule has 5 nitrogen and oxygen atoms in total. The average molecular weight is 394 g/mol. The Morgan fingerprint density at radius 3 is 2.60 bits per heavy atom. The summed E-state index contributed by atoms with van der Waals surface area (Å²) in [4.78, 5) is 16.1. The molecule has 3 rings (SSSR count). The summed E-state index contributed by atoms with van der Waals surface area (Å²) in [5.41, 5.74) is 3.76. The molecule has 1 aromatic heterocycles. The largest absolute Gasteiger partial charge is 0.418 e. The maximum absolute atomic E-state index is 12.1. The molecule has 0 aliphatic heterocycles. The van der Waals surface area contributed by atoms with Gasteiger partial charge in [0.25, 0.3) is 5.88 Å². The van der Waals surface area contributed by atoms with Gasteiger partial charge in [-0.1, -0.05) is 41.4 Å². The van der Waals surface area contributed by atoms with Gasteiger partial charge in [0, 0.05) is 5.69 Å². The number of benzene rings is 2. The molecule has 0 saturated carbocycles. The van der Waals surface area contributed by atoms with Crippen molar-refractivity contribution in [2.75, 3.05) is 10.6 Å². The van der Waals surface area contributed by atoms with Gasteiger partial charge in [-0.3, -0.25) is 5.32 Å². The topological polar surface area (TPSA) is 63.2 Å². The molecular formula is C17H13Cl2N3O2S. The predicted molar refractivity (Wildman–Crippen MR) is 103 cm³/mol. The number of hydrogen-bond donors (Lipinski definition) is 2. The molecular weight excluding hydrogens is 381 g/mol. The Labute approximate surface area is 158 Å². The van der Waals surface area contributed by atoms with Crippen molar-refractivity contribution in [2.24, 2.45) is 0 Å². The molecule has 1 amide bonds. The van der Waals surface area contributed by atoms with Gasteiger partial charge in [0.15, 0.2) is 5.00 Å². The van der Waals surface area contributed by atoms with Crippen molar-refractivity contribution < 1.29 is 9.53 Å². The molecule has 3 aromatic rings. The first kappa shape index (κ1) is 17.5. The second-order valence-corrected chi connectivity index (χ2v) is 6.76. The van der Waals surface area contributed by atoms with E-state index >= 15 is 0 Å². The van der Waals surface area contributed by atoms with Crippen LogP contribution in [-0.4, -0.2) is 11.1 Å². The fourth-order valence-corrected chi connectivity index (χ4v) is 3.18. The molecule has 128 valence electrons. The van der Waals surface area contributed by atoms with E-state index in [2.05, 4.69) is 15.6 Å². The van der Waals surface area contributed by atoms with Crippen molar-refractivity contribution in [1.82, 2.24) is 4.98 Å². The smallest absolute Gasteiger partial charge is 0.388 e. The van der Waals surface area contributed by atoms with Crippen molar-refractivity contribution >= 4 is 57.0 Å². The number of para-hydroxylation sites is 1. The molecule has 0 spiro atoms. The van der Waals surface area contributed by atoms with Gasteiger partial charge in [0.1, 0.15) is 0 Å². The first-order valence-corrected chi connectivity index (χ1v) is 8.86. The summed E-state index contributed by atoms with van der Waals surface area (Å²) < 4.78 is 5.28. The maximum atomic E-state index is 12.1. The number of carbonyl (C=O) groups excluding carboxylic acids is 1. The van der Waals surface area contributed by atoms with Crippen molar-refractivity contribution in [1.29, 1.82) is 0 Å². The number of anilines is 3. The molecule has 25 heavy (non-hydrogen) atoms. The van der Waals surface area contributed by atoms with E-state index < -0.39 is 6.09 Å². The van der Waals surface area contributed by atoms with E-state index in [4.69, 9.17) is 27.9 Å². The van der Waals surface area contributed by atoms with Crippen LogP contribution in [0.3, 0.4) is 0 Å². The number of thiazole rings is 1. The molecule has 0 saturated heterocycles. The lowest BCUT2D eigenvalue weighted by molar-refractivity contribution is 0.214. The fourth-order valence-electron chi connectivity index (χ4n) is 2.08. The minimum atomic E-state index is -0.634. The zero-order valence-corrected chi connectivity index (χ0v) is 15.4. The monoisotopic (exact) mass is 393 g/mol. The van der Waals surface area contributed by atoms with E-state index in [0.29, 0.717) is 26.4 Å². The first-order valence-electron chi connectivity index (χ1n) is 7.23. The molecule has 0 fully saturated rings. The third-order valence-electron chi connectivity index (χ3n) is 3.19. The van der Waals surface area contributed by atoms with Gasteiger partial charge >= 0.3 is 6.09 Å². The van der Waals surface area contributed by atoms with Gasteiger partial charge < -0.3 is 10.1 Å². The zero-order chi connectivity index (χ0) is 17.8. The van der Waals surface area contributed by atoms with Crippen LogP contribution in [0.2, 0.25) is 10.0 Å². The van der Waals surface area contributed by atoms with Crippen molar-refractivity contribution in [3.8, 4) is 5.88 Å². The van der Waals surface area contributed by atoms with Crippen molar-refractivity contribution in [3.63, 3.8) is 0 Å². The molecule has 0 unspecified atom stereocenters. The summed E-state index contributed by atoms with van der Waals surface area (Å²) in [6.45, 7) is 1.94. The summed E-state index contributed by atoms with van der Waals surface area (Å²) in [6, 6.07) is 12.6. The molecule has 0 aliphatic rings. The molecule has 2 N–H and O–H groups in total. The zero-order valence-electron chi connectivity index (χ0n) is 13.0. The molecule has 0 atom stereocenters. The van der Waals surface area contributed by atoms with Gasteiger partial charge in [-0.2, -0.15) is 0 Å². The number of rotatable bonds is 4. The number of aryl methyl sites for hydroxylation is 1. The van der Waals surface area contributed by atoms with Crippen LogP contribution in [0.1, 0.15) is 5.56 Å². The number of amides is 1. The lowest BCUT2D eigenvalue weighted by Crippen LogP contribution is -2.17. The van der Waals surface area contributed by atoms with Crippen LogP contribution in [-0.2, 0) is 0 Å². The SMILES string of the molecule is Cc1cccc(NC(=O)Oc2ncsc2Nc2c(Cl)cccc2Cl)c1. The summed E-state index contributed by atoms with van der Waals surface area (Å²) in [7, 11) is 0. The summed E-state index contributed by atoms with van der Waals surface area (Å²) in [5, 5.41) is 7.14. The highest BCUT2D eigenvalue weighted by molar-refractivity contribution is 7.14. The Balaban J connectivity index is 1.72. The Hall–Kier alpha value is -2.28. The summed E-state index contributed by atoms with van der Waals surface area (Å²) >= 11 is 13.6. The first-order chi connectivity index (χ1) is 12.0. The number of aromatic nitrogens is 1. The van der Waals surface area contributed by atoms with E-state index in [1.54, 1.807) is 29.8 Å². The van der Waals surface area contributed by atoms with Gasteiger partial charge in [-0.25, -0.2) is 9.78 Å². The second-order valence-electron chi connectivity index (χ2n) is 5.09. The van der Waals surface area contributed by atoms with Crippen LogP contribution in [0.4, 0.5) is 21.2 Å². The minimum absolute atomic E-state index is 0.145. The van der Waals surface area contributed by atoms with Crippen LogP contribution < -0.4 is 15.4 Å². The lowest BCUT2D eigenvalue weighted by Gasteiger charge is -2.10. The van der Waals surface area contributed by atoms with Gasteiger partial charge in [0.2, 0.25) is 0 Å². The van der Waals surface area contributed by atoms with E-state index in [1.807, 2.05) is 25.1 Å². The third kappa shape index (κ3) is 4.42. The van der Waals surface area contributed by atoms with E-state index in [9.17, 15) is 4.79 Å². The molecule has 0 aliphatic carbocycles. The third-order valence-corrected chi connectivity index (χ3v) is 4.54. The molecule has 1 heterocycles. The van der Waals surface area contributed by atoms with Crippen LogP contribution in [0.25, 0.3) is 0 Å². The number of nitrogens with one attached hydrogen (secondary N) is 2. The van der Waals surface area contributed by atoms with E-state index in [-0.39, 0.29) is 5.88 Å². The summed E-state index contributed by atoms with van der Waals surface area (Å²) in [6.07, 6.45) is -0.634.